The molecule has 8 heteroatoms. The van der Waals surface area contributed by atoms with Crippen LogP contribution in [0.1, 0.15) is 0 Å². The van der Waals surface area contributed by atoms with Gasteiger partial charge in [-0.05, 0) is 24.3 Å². The van der Waals surface area contributed by atoms with Gasteiger partial charge in [-0.1, -0.05) is 5.10 Å². The van der Waals surface area contributed by atoms with Crippen molar-refractivity contribution >= 4 is 15.9 Å². The van der Waals surface area contributed by atoms with Gasteiger partial charge in [0.2, 0.25) is 5.89 Å². The van der Waals surface area contributed by atoms with Crippen LogP contribution in [0.5, 0.6) is 0 Å². The molecule has 0 saturated carbocycles. The van der Waals surface area contributed by atoms with Crippen LogP contribution in [0.15, 0.2) is 28.7 Å². The lowest BCUT2D eigenvalue weighted by atomic mass is 10.2. The van der Waals surface area contributed by atoms with E-state index in [9.17, 15) is 12.8 Å². The number of benzene rings is 1. The van der Waals surface area contributed by atoms with Gasteiger partial charge in [0.1, 0.15) is 15.7 Å². The summed E-state index contributed by atoms with van der Waals surface area (Å²) < 4.78 is 39.9. The maximum atomic E-state index is 12.8. The molecule has 0 saturated heterocycles. The first-order valence-corrected chi connectivity index (χ1v) is 7.51. The normalized spacial score (nSPS) is 11.5. The molecule has 1 N–H and O–H groups in total. The number of nitrogens with one attached hydrogen (secondary N) is 1. The predicted molar refractivity (Wildman–Crippen MR) is 67.9 cm³/mol. The Morgan fingerprint density at radius 2 is 1.95 bits per heavy atom. The third kappa shape index (κ3) is 4.02. The fourth-order valence-corrected chi connectivity index (χ4v) is 1.82. The molecule has 2 rings (SSSR count). The Labute approximate surface area is 109 Å². The van der Waals surface area contributed by atoms with Crippen LogP contribution in [0.2, 0.25) is 0 Å². The minimum absolute atomic E-state index is 0.0265. The number of rotatable bonds is 5. The van der Waals surface area contributed by atoms with E-state index in [2.05, 4.69) is 15.5 Å². The smallest absolute Gasteiger partial charge is 0.315 e. The summed E-state index contributed by atoms with van der Waals surface area (Å²) in [6.07, 6.45) is 1.15. The van der Waals surface area contributed by atoms with Gasteiger partial charge in [0.05, 0.1) is 5.75 Å². The van der Waals surface area contributed by atoms with Crippen molar-refractivity contribution in [2.24, 2.45) is 0 Å². The number of nitrogens with zero attached hydrogens (tertiary/aromatic N) is 2. The van der Waals surface area contributed by atoms with Gasteiger partial charge in [-0.25, -0.2) is 12.8 Å². The first-order chi connectivity index (χ1) is 8.94. The molecular weight excluding hydrogens is 273 g/mol. The van der Waals surface area contributed by atoms with E-state index < -0.39 is 9.84 Å². The van der Waals surface area contributed by atoms with E-state index in [1.807, 2.05) is 0 Å². The molecule has 0 radical (unpaired) electrons. The molecule has 1 heterocycles. The van der Waals surface area contributed by atoms with Crippen LogP contribution < -0.4 is 5.32 Å². The first-order valence-electron chi connectivity index (χ1n) is 5.45. The van der Waals surface area contributed by atoms with Crippen LogP contribution in [0.4, 0.5) is 10.4 Å². The molecule has 0 aliphatic rings. The van der Waals surface area contributed by atoms with Crippen molar-refractivity contribution in [2.75, 3.05) is 23.9 Å². The predicted octanol–water partition coefficient (Wildman–Crippen LogP) is 1.33. The highest BCUT2D eigenvalue weighted by Gasteiger charge is 2.09. The Morgan fingerprint density at radius 1 is 1.26 bits per heavy atom. The molecule has 2 aromatic rings. The van der Waals surface area contributed by atoms with E-state index in [4.69, 9.17) is 4.42 Å². The Balaban J connectivity index is 2.01. The second-order valence-electron chi connectivity index (χ2n) is 3.98. The Bertz CT molecular complexity index is 652. The minimum Gasteiger partial charge on any atom is -0.403 e. The average molecular weight is 285 g/mol. The van der Waals surface area contributed by atoms with Gasteiger partial charge in [0, 0.05) is 18.4 Å². The Hall–Kier alpha value is -1.96. The Kier molecular flexibility index (Phi) is 3.79. The molecule has 0 aliphatic heterocycles. The molecule has 19 heavy (non-hydrogen) atoms. The van der Waals surface area contributed by atoms with Crippen LogP contribution in [-0.4, -0.2) is 37.2 Å². The number of hydrogen-bond acceptors (Lipinski definition) is 6. The fourth-order valence-electron chi connectivity index (χ4n) is 1.35. The minimum atomic E-state index is -3.04. The van der Waals surface area contributed by atoms with Crippen molar-refractivity contribution in [3.05, 3.63) is 30.1 Å². The SMILES string of the molecule is CS(=O)(=O)CCNc1nnc(-c2ccc(F)cc2)o1. The molecule has 0 atom stereocenters. The maximum absolute atomic E-state index is 12.8. The van der Waals surface area contributed by atoms with Crippen molar-refractivity contribution in [1.29, 1.82) is 0 Å². The van der Waals surface area contributed by atoms with Crippen LogP contribution in [0, 0.1) is 5.82 Å². The second-order valence-corrected chi connectivity index (χ2v) is 6.24. The van der Waals surface area contributed by atoms with E-state index in [1.54, 1.807) is 0 Å². The average Bonchev–Trinajstić information content (AvgIpc) is 2.77. The zero-order valence-corrected chi connectivity index (χ0v) is 10.9. The number of sulfone groups is 1. The van der Waals surface area contributed by atoms with Crippen LogP contribution in [0.25, 0.3) is 11.5 Å². The zero-order chi connectivity index (χ0) is 13.9. The maximum Gasteiger partial charge on any atom is 0.315 e. The number of hydrogen-bond donors (Lipinski definition) is 1. The van der Waals surface area contributed by atoms with Crippen molar-refractivity contribution in [1.82, 2.24) is 10.2 Å². The van der Waals surface area contributed by atoms with E-state index in [1.165, 1.54) is 24.3 Å². The lowest BCUT2D eigenvalue weighted by Crippen LogP contribution is -2.14. The molecular formula is C11H12FN3O3S. The standard InChI is InChI=1S/C11H12FN3O3S/c1-19(16,17)7-6-13-11-15-14-10(18-11)8-2-4-9(12)5-3-8/h2-5H,6-7H2,1H3,(H,13,15). The summed E-state index contributed by atoms with van der Waals surface area (Å²) in [7, 11) is -3.04. The van der Waals surface area contributed by atoms with Gasteiger partial charge < -0.3 is 9.73 Å². The van der Waals surface area contributed by atoms with E-state index in [0.29, 0.717) is 5.56 Å². The summed E-state index contributed by atoms with van der Waals surface area (Å²) in [6.45, 7) is 0.184. The number of halogens is 1. The summed E-state index contributed by atoms with van der Waals surface area (Å²) in [5.74, 6) is -0.141. The van der Waals surface area contributed by atoms with Gasteiger partial charge in [-0.2, -0.15) is 0 Å². The third-order valence-corrected chi connectivity index (χ3v) is 3.21. The van der Waals surface area contributed by atoms with Crippen LogP contribution >= 0.6 is 0 Å². The molecule has 1 aromatic heterocycles. The summed E-state index contributed by atoms with van der Waals surface area (Å²) in [4.78, 5) is 0. The van der Waals surface area contributed by atoms with E-state index >= 15 is 0 Å². The summed E-state index contributed by atoms with van der Waals surface area (Å²) in [6, 6.07) is 5.74. The summed E-state index contributed by atoms with van der Waals surface area (Å²) >= 11 is 0. The molecule has 102 valence electrons. The van der Waals surface area contributed by atoms with Crippen LogP contribution in [-0.2, 0) is 9.84 Å². The number of anilines is 1. The molecule has 6 nitrogen and oxygen atoms in total. The van der Waals surface area contributed by atoms with Gasteiger partial charge in [0.15, 0.2) is 0 Å². The molecule has 0 unspecified atom stereocenters. The molecule has 1 aromatic carbocycles. The van der Waals surface area contributed by atoms with Crippen LogP contribution in [0.3, 0.4) is 0 Å². The molecule has 0 bridgehead atoms. The highest BCUT2D eigenvalue weighted by atomic mass is 32.2. The first kappa shape index (κ1) is 13.5. The fraction of sp³-hybridized carbons (Fsp3) is 0.273. The highest BCUT2D eigenvalue weighted by molar-refractivity contribution is 7.90. The number of aromatic nitrogens is 2. The second kappa shape index (κ2) is 5.35. The lowest BCUT2D eigenvalue weighted by Gasteiger charge is -1.98. The zero-order valence-electron chi connectivity index (χ0n) is 10.1. The van der Waals surface area contributed by atoms with Crippen molar-refractivity contribution in [2.45, 2.75) is 0 Å². The summed E-state index contributed by atoms with van der Waals surface area (Å²) in [5, 5.41) is 10.2. The van der Waals surface area contributed by atoms with Gasteiger partial charge in [-0.3, -0.25) is 0 Å². The molecule has 0 fully saturated rings. The third-order valence-electron chi connectivity index (χ3n) is 2.27. The summed E-state index contributed by atoms with van der Waals surface area (Å²) in [5.41, 5.74) is 0.588. The van der Waals surface area contributed by atoms with Gasteiger partial charge >= 0.3 is 6.01 Å². The molecule has 0 aliphatic carbocycles. The van der Waals surface area contributed by atoms with E-state index in [0.717, 1.165) is 6.26 Å². The topological polar surface area (TPSA) is 85.1 Å². The van der Waals surface area contributed by atoms with Crippen molar-refractivity contribution < 1.29 is 17.2 Å². The lowest BCUT2D eigenvalue weighted by molar-refractivity contribution is 0.580. The van der Waals surface area contributed by atoms with Gasteiger partial charge in [-0.15, -0.1) is 5.10 Å². The molecule has 0 amide bonds. The molecule has 0 spiro atoms. The van der Waals surface area contributed by atoms with E-state index in [-0.39, 0.29) is 30.0 Å². The largest absolute Gasteiger partial charge is 0.403 e. The highest BCUT2D eigenvalue weighted by Crippen LogP contribution is 2.19. The van der Waals surface area contributed by atoms with Gasteiger partial charge in [0.25, 0.3) is 0 Å². The quantitative estimate of drug-likeness (QED) is 0.892. The monoisotopic (exact) mass is 285 g/mol. The van der Waals surface area contributed by atoms with Crippen molar-refractivity contribution in [3.8, 4) is 11.5 Å². The Morgan fingerprint density at radius 3 is 2.58 bits per heavy atom. The van der Waals surface area contributed by atoms with Crippen molar-refractivity contribution in [3.63, 3.8) is 0 Å².